The van der Waals surface area contributed by atoms with Gasteiger partial charge in [-0.1, -0.05) is 78.9 Å². The second-order valence-corrected chi connectivity index (χ2v) is 8.37. The maximum Gasteiger partial charge on any atom is 0.313 e. The first kappa shape index (κ1) is 21.8. The van der Waals surface area contributed by atoms with Crippen molar-refractivity contribution >= 4 is 5.97 Å². The van der Waals surface area contributed by atoms with E-state index < -0.39 is 5.41 Å². The summed E-state index contributed by atoms with van der Waals surface area (Å²) in [6.07, 6.45) is 0. The molecule has 3 aromatic rings. The molecule has 0 heterocycles. The second kappa shape index (κ2) is 9.27. The van der Waals surface area contributed by atoms with E-state index in [9.17, 15) is 4.79 Å². The molecule has 0 saturated carbocycles. The molecule has 1 N–H and O–H groups in total. The van der Waals surface area contributed by atoms with E-state index in [1.54, 1.807) is 0 Å². The lowest BCUT2D eigenvalue weighted by molar-refractivity contribution is -0.152. The van der Waals surface area contributed by atoms with Gasteiger partial charge in [0.05, 0.1) is 18.6 Å². The van der Waals surface area contributed by atoms with Crippen molar-refractivity contribution in [3.05, 3.63) is 107 Å². The molecule has 0 unspecified atom stereocenters. The average Bonchev–Trinajstić information content (AvgIpc) is 2.76. The molecule has 0 aliphatic rings. The van der Waals surface area contributed by atoms with Gasteiger partial charge < -0.3 is 4.74 Å². The minimum Gasteiger partial charge on any atom is -0.469 e. The summed E-state index contributed by atoms with van der Waals surface area (Å²) in [5.41, 5.74) is 5.11. The maximum absolute atomic E-state index is 12.8. The van der Waals surface area contributed by atoms with Crippen LogP contribution >= 0.6 is 0 Å². The lowest BCUT2D eigenvalue weighted by Gasteiger charge is -2.37. The number of esters is 1. The van der Waals surface area contributed by atoms with Crippen molar-refractivity contribution in [2.24, 2.45) is 5.41 Å². The molecule has 0 amide bonds. The Morgan fingerprint density at radius 3 is 1.73 bits per heavy atom. The summed E-state index contributed by atoms with van der Waals surface area (Å²) in [5, 5.41) is 3.84. The van der Waals surface area contributed by atoms with E-state index in [0.717, 1.165) is 5.56 Å². The molecule has 0 aromatic heterocycles. The van der Waals surface area contributed by atoms with Crippen molar-refractivity contribution in [1.29, 1.82) is 0 Å². The summed E-state index contributed by atoms with van der Waals surface area (Å²) < 4.78 is 5.18. The van der Waals surface area contributed by atoms with Crippen LogP contribution in [-0.4, -0.2) is 13.1 Å². The number of rotatable bonds is 7. The molecule has 0 aliphatic heterocycles. The van der Waals surface area contributed by atoms with Gasteiger partial charge in [-0.05, 0) is 55.5 Å². The maximum atomic E-state index is 12.8. The number of nitrogens with one attached hydrogen (secondary N) is 1. The van der Waals surface area contributed by atoms with Gasteiger partial charge in [0.15, 0.2) is 0 Å². The Kier molecular flexibility index (Phi) is 6.73. The normalized spacial score (nSPS) is 12.6. The monoisotopic (exact) mass is 401 g/mol. The quantitative estimate of drug-likeness (QED) is 0.499. The molecule has 30 heavy (non-hydrogen) atoms. The molecule has 3 aromatic carbocycles. The van der Waals surface area contributed by atoms with Crippen LogP contribution in [0.4, 0.5) is 0 Å². The molecule has 0 bridgehead atoms. The summed E-state index contributed by atoms with van der Waals surface area (Å²) in [6.45, 7) is 8.14. The van der Waals surface area contributed by atoms with Gasteiger partial charge in [0, 0.05) is 6.04 Å². The molecule has 156 valence electrons. The third kappa shape index (κ3) is 4.47. The second-order valence-electron chi connectivity index (χ2n) is 8.37. The Bertz CT molecular complexity index is 949. The van der Waals surface area contributed by atoms with E-state index in [2.05, 4.69) is 79.8 Å². The molecule has 0 spiro atoms. The van der Waals surface area contributed by atoms with E-state index in [-0.39, 0.29) is 18.1 Å². The number of benzene rings is 3. The van der Waals surface area contributed by atoms with Gasteiger partial charge in [0.2, 0.25) is 0 Å². The van der Waals surface area contributed by atoms with E-state index in [4.69, 9.17) is 4.74 Å². The van der Waals surface area contributed by atoms with Crippen LogP contribution < -0.4 is 5.32 Å². The first-order valence-electron chi connectivity index (χ1n) is 10.4. The Balaban J connectivity index is 2.15. The third-order valence-electron chi connectivity index (χ3n) is 5.90. The molecule has 1 atom stereocenters. The number of aryl methyl sites for hydroxylation is 2. The fourth-order valence-corrected chi connectivity index (χ4v) is 4.08. The van der Waals surface area contributed by atoms with Crippen molar-refractivity contribution < 1.29 is 9.53 Å². The number of ether oxygens (including phenoxy) is 1. The molecule has 3 heteroatoms. The molecule has 0 fully saturated rings. The van der Waals surface area contributed by atoms with Gasteiger partial charge >= 0.3 is 5.97 Å². The first-order chi connectivity index (χ1) is 14.4. The lowest BCUT2D eigenvalue weighted by Crippen LogP contribution is -2.42. The fraction of sp³-hybridized carbons (Fsp3) is 0.296. The van der Waals surface area contributed by atoms with E-state index >= 15 is 0 Å². The highest BCUT2D eigenvalue weighted by molar-refractivity contribution is 5.77. The Labute approximate surface area is 180 Å². The van der Waals surface area contributed by atoms with Crippen molar-refractivity contribution in [3.8, 4) is 0 Å². The predicted octanol–water partition coefficient (Wildman–Crippen LogP) is 5.92. The van der Waals surface area contributed by atoms with Crippen LogP contribution in [0.1, 0.15) is 53.7 Å². The zero-order chi connectivity index (χ0) is 21.7. The summed E-state index contributed by atoms with van der Waals surface area (Å²) in [7, 11) is 1.45. The van der Waals surface area contributed by atoms with E-state index in [1.807, 2.05) is 32.0 Å². The molecule has 0 saturated heterocycles. The topological polar surface area (TPSA) is 38.3 Å². The van der Waals surface area contributed by atoms with Crippen LogP contribution in [0.2, 0.25) is 0 Å². The molecular formula is C27H31NO2. The van der Waals surface area contributed by atoms with Gasteiger partial charge in [-0.2, -0.15) is 0 Å². The van der Waals surface area contributed by atoms with Crippen LogP contribution in [0.5, 0.6) is 0 Å². The SMILES string of the molecule is COC(=O)C(C)(C)[C@@H](NC(c1ccccc1C)c1ccccc1C)c1ccccc1. The highest BCUT2D eigenvalue weighted by Crippen LogP contribution is 2.39. The van der Waals surface area contributed by atoms with Crippen molar-refractivity contribution in [2.45, 2.75) is 39.8 Å². The number of carbonyl (C=O) groups excluding carboxylic acids is 1. The molecule has 3 rings (SSSR count). The summed E-state index contributed by atoms with van der Waals surface area (Å²) in [5.74, 6) is -0.239. The van der Waals surface area contributed by atoms with Crippen molar-refractivity contribution in [1.82, 2.24) is 5.32 Å². The van der Waals surface area contributed by atoms with E-state index in [1.165, 1.54) is 29.4 Å². The Morgan fingerprint density at radius 2 is 1.27 bits per heavy atom. The zero-order valence-electron chi connectivity index (χ0n) is 18.5. The minimum atomic E-state index is -0.764. The summed E-state index contributed by atoms with van der Waals surface area (Å²) in [6, 6.07) is 26.7. The van der Waals surface area contributed by atoms with Gasteiger partial charge in [0.25, 0.3) is 0 Å². The summed E-state index contributed by atoms with van der Waals surface area (Å²) >= 11 is 0. The number of methoxy groups -OCH3 is 1. The Hall–Kier alpha value is -2.91. The summed E-state index contributed by atoms with van der Waals surface area (Å²) in [4.78, 5) is 12.8. The van der Waals surface area contributed by atoms with Gasteiger partial charge in [-0.15, -0.1) is 0 Å². The third-order valence-corrected chi connectivity index (χ3v) is 5.90. The number of hydrogen-bond donors (Lipinski definition) is 1. The molecule has 3 nitrogen and oxygen atoms in total. The van der Waals surface area contributed by atoms with Crippen LogP contribution in [0.3, 0.4) is 0 Å². The molecule has 0 radical (unpaired) electrons. The smallest absolute Gasteiger partial charge is 0.313 e. The molecule has 0 aliphatic carbocycles. The molecular weight excluding hydrogens is 370 g/mol. The predicted molar refractivity (Wildman–Crippen MR) is 122 cm³/mol. The van der Waals surface area contributed by atoms with Gasteiger partial charge in [-0.25, -0.2) is 0 Å². The highest BCUT2D eigenvalue weighted by atomic mass is 16.5. The van der Waals surface area contributed by atoms with Crippen LogP contribution in [-0.2, 0) is 9.53 Å². The van der Waals surface area contributed by atoms with Crippen molar-refractivity contribution in [2.75, 3.05) is 7.11 Å². The lowest BCUT2D eigenvalue weighted by atomic mass is 9.79. The number of carbonyl (C=O) groups is 1. The van der Waals surface area contributed by atoms with Crippen LogP contribution in [0.15, 0.2) is 78.9 Å². The largest absolute Gasteiger partial charge is 0.469 e. The first-order valence-corrected chi connectivity index (χ1v) is 10.4. The van der Waals surface area contributed by atoms with Crippen LogP contribution in [0.25, 0.3) is 0 Å². The van der Waals surface area contributed by atoms with E-state index in [0.29, 0.717) is 0 Å². The highest BCUT2D eigenvalue weighted by Gasteiger charge is 2.40. The van der Waals surface area contributed by atoms with Gasteiger partial charge in [-0.3, -0.25) is 10.1 Å². The van der Waals surface area contributed by atoms with Gasteiger partial charge in [0.1, 0.15) is 0 Å². The standard InChI is InChI=1S/C27H31NO2/c1-19-13-9-11-17-22(19)24(23-18-12-10-14-20(23)2)28-25(21-15-7-6-8-16-21)27(3,4)26(29)30-5/h6-18,24-25,28H,1-5H3/t25-/m0/s1. The van der Waals surface area contributed by atoms with Crippen molar-refractivity contribution in [3.63, 3.8) is 0 Å². The minimum absolute atomic E-state index is 0.0680. The average molecular weight is 402 g/mol. The Morgan fingerprint density at radius 1 is 0.800 bits per heavy atom. The fourth-order valence-electron chi connectivity index (χ4n) is 4.08. The van der Waals surface area contributed by atoms with Crippen LogP contribution in [0, 0.1) is 19.3 Å². The number of hydrogen-bond acceptors (Lipinski definition) is 3. The zero-order valence-corrected chi connectivity index (χ0v) is 18.5.